The van der Waals surface area contributed by atoms with Gasteiger partial charge in [-0.1, -0.05) is 6.07 Å². The van der Waals surface area contributed by atoms with Crippen LogP contribution >= 0.6 is 0 Å². The number of hydrogen-bond acceptors (Lipinski definition) is 2. The van der Waals surface area contributed by atoms with Crippen molar-refractivity contribution >= 4 is 5.57 Å². The molecule has 0 saturated carbocycles. The van der Waals surface area contributed by atoms with E-state index in [9.17, 15) is 13.2 Å². The molecule has 3 rings (SSSR count). The average molecular weight is 296 g/mol. The minimum Gasteiger partial charge on any atom is -0.207 e. The predicted molar refractivity (Wildman–Crippen MR) is 73.7 cm³/mol. The van der Waals surface area contributed by atoms with Crippen molar-refractivity contribution < 1.29 is 13.2 Å². The van der Waals surface area contributed by atoms with E-state index in [2.05, 4.69) is 0 Å². The second kappa shape index (κ2) is 4.75. The summed E-state index contributed by atoms with van der Waals surface area (Å²) in [6, 6.07) is 7.82. The third-order valence-corrected chi connectivity index (χ3v) is 3.72. The number of benzene rings is 2. The van der Waals surface area contributed by atoms with Crippen LogP contribution in [-0.4, -0.2) is 0 Å². The Morgan fingerprint density at radius 3 is 2.23 bits per heavy atom. The van der Waals surface area contributed by atoms with Crippen molar-refractivity contribution in [1.29, 1.82) is 10.5 Å². The Hall–Kier alpha value is -3.05. The second-order valence-corrected chi connectivity index (χ2v) is 4.88. The molecule has 0 bridgehead atoms. The van der Waals surface area contributed by atoms with Crippen molar-refractivity contribution in [2.24, 2.45) is 0 Å². The molecule has 0 N–H and O–H groups in total. The summed E-state index contributed by atoms with van der Waals surface area (Å²) in [6.07, 6.45) is 0. The summed E-state index contributed by atoms with van der Waals surface area (Å²) < 4.78 is 41.7. The smallest absolute Gasteiger partial charge is 0.138 e. The van der Waals surface area contributed by atoms with E-state index in [4.69, 9.17) is 10.5 Å². The normalized spacial score (nSPS) is 11.5. The molecular formula is C17H7F3N2. The third-order valence-electron chi connectivity index (χ3n) is 3.72. The van der Waals surface area contributed by atoms with E-state index in [-0.39, 0.29) is 33.4 Å². The van der Waals surface area contributed by atoms with Crippen LogP contribution in [0.2, 0.25) is 0 Å². The molecule has 0 heterocycles. The van der Waals surface area contributed by atoms with Gasteiger partial charge in [0, 0.05) is 22.8 Å². The van der Waals surface area contributed by atoms with Gasteiger partial charge in [-0.05, 0) is 35.7 Å². The van der Waals surface area contributed by atoms with Crippen LogP contribution in [-0.2, 0) is 0 Å². The van der Waals surface area contributed by atoms with E-state index in [1.165, 1.54) is 13.0 Å². The van der Waals surface area contributed by atoms with Crippen LogP contribution in [0.15, 0.2) is 29.8 Å². The maximum absolute atomic E-state index is 14.2. The number of nitriles is 2. The van der Waals surface area contributed by atoms with Gasteiger partial charge in [0.25, 0.3) is 0 Å². The van der Waals surface area contributed by atoms with Crippen molar-refractivity contribution in [3.8, 4) is 23.3 Å². The lowest BCUT2D eigenvalue weighted by Crippen LogP contribution is -1.96. The lowest BCUT2D eigenvalue weighted by Gasteiger charge is -2.08. The van der Waals surface area contributed by atoms with Gasteiger partial charge in [-0.15, -0.1) is 0 Å². The molecule has 0 spiro atoms. The Bertz CT molecular complexity index is 928. The number of allylic oxidation sites excluding steroid dienone is 1. The van der Waals surface area contributed by atoms with E-state index >= 15 is 0 Å². The molecule has 0 unspecified atom stereocenters. The van der Waals surface area contributed by atoms with Crippen LogP contribution in [0.25, 0.3) is 16.7 Å². The largest absolute Gasteiger partial charge is 0.207 e. The number of nitrogens with zero attached hydrogens (tertiary/aromatic N) is 2. The van der Waals surface area contributed by atoms with Gasteiger partial charge in [-0.3, -0.25) is 0 Å². The number of halogens is 3. The number of hydrogen-bond donors (Lipinski definition) is 0. The Morgan fingerprint density at radius 1 is 0.909 bits per heavy atom. The zero-order chi connectivity index (χ0) is 16.0. The van der Waals surface area contributed by atoms with Crippen LogP contribution in [0.3, 0.4) is 0 Å². The zero-order valence-electron chi connectivity index (χ0n) is 11.3. The molecule has 1 aliphatic carbocycles. The molecule has 0 aromatic heterocycles. The summed E-state index contributed by atoms with van der Waals surface area (Å²) in [5.41, 5.74) is 0.675. The van der Waals surface area contributed by atoms with Crippen molar-refractivity contribution in [1.82, 2.24) is 0 Å². The van der Waals surface area contributed by atoms with E-state index in [1.54, 1.807) is 12.1 Å². The molecule has 1 aliphatic rings. The van der Waals surface area contributed by atoms with Gasteiger partial charge < -0.3 is 0 Å². The first kappa shape index (κ1) is 13.9. The second-order valence-electron chi connectivity index (χ2n) is 4.88. The van der Waals surface area contributed by atoms with Gasteiger partial charge in [0.1, 0.15) is 35.2 Å². The first-order chi connectivity index (χ1) is 10.5. The Morgan fingerprint density at radius 2 is 1.59 bits per heavy atom. The number of fused-ring (bicyclic) bond motifs is 3. The Balaban J connectivity index is 2.57. The lowest BCUT2D eigenvalue weighted by atomic mass is 9.95. The highest BCUT2D eigenvalue weighted by Crippen LogP contribution is 2.48. The Kier molecular flexibility index (Phi) is 3.00. The molecule has 22 heavy (non-hydrogen) atoms. The lowest BCUT2D eigenvalue weighted by molar-refractivity contribution is 0.579. The summed E-state index contributed by atoms with van der Waals surface area (Å²) in [5, 5.41) is 18.2. The molecule has 0 aliphatic heterocycles. The highest BCUT2D eigenvalue weighted by atomic mass is 19.1. The van der Waals surface area contributed by atoms with Crippen LogP contribution < -0.4 is 0 Å². The SMILES string of the molecule is Cc1c(F)cc(F)c2c1C(=C(C#N)C#N)c1cc(F)ccc1-2. The zero-order valence-corrected chi connectivity index (χ0v) is 11.3. The van der Waals surface area contributed by atoms with Gasteiger partial charge in [-0.2, -0.15) is 10.5 Å². The predicted octanol–water partition coefficient (Wildman–Crippen LogP) is 4.24. The third kappa shape index (κ3) is 1.73. The van der Waals surface area contributed by atoms with Crippen molar-refractivity contribution in [3.05, 3.63) is 64.0 Å². The van der Waals surface area contributed by atoms with Crippen LogP contribution in [0.1, 0.15) is 16.7 Å². The molecule has 0 amide bonds. The van der Waals surface area contributed by atoms with Gasteiger partial charge in [0.15, 0.2) is 0 Å². The van der Waals surface area contributed by atoms with E-state index in [0.29, 0.717) is 5.56 Å². The summed E-state index contributed by atoms with van der Waals surface area (Å²) >= 11 is 0. The fourth-order valence-electron chi connectivity index (χ4n) is 2.77. The highest BCUT2D eigenvalue weighted by Gasteiger charge is 2.32. The summed E-state index contributed by atoms with van der Waals surface area (Å²) in [7, 11) is 0. The average Bonchev–Trinajstić information content (AvgIpc) is 2.81. The van der Waals surface area contributed by atoms with Gasteiger partial charge in [0.2, 0.25) is 0 Å². The van der Waals surface area contributed by atoms with Crippen LogP contribution in [0.5, 0.6) is 0 Å². The first-order valence-corrected chi connectivity index (χ1v) is 6.33. The topological polar surface area (TPSA) is 47.6 Å². The maximum Gasteiger partial charge on any atom is 0.138 e. The van der Waals surface area contributed by atoms with Crippen LogP contribution in [0.4, 0.5) is 13.2 Å². The van der Waals surface area contributed by atoms with E-state index in [0.717, 1.165) is 18.2 Å². The Labute approximate surface area is 124 Å². The van der Waals surface area contributed by atoms with Gasteiger partial charge in [-0.25, -0.2) is 13.2 Å². The molecule has 0 saturated heterocycles. The fraction of sp³-hybridized carbons (Fsp3) is 0.0588. The quantitative estimate of drug-likeness (QED) is 0.582. The fourth-order valence-corrected chi connectivity index (χ4v) is 2.77. The molecule has 2 aromatic rings. The monoisotopic (exact) mass is 296 g/mol. The van der Waals surface area contributed by atoms with Crippen molar-refractivity contribution in [2.75, 3.05) is 0 Å². The van der Waals surface area contributed by atoms with Gasteiger partial charge in [0.05, 0.1) is 0 Å². The van der Waals surface area contributed by atoms with Gasteiger partial charge >= 0.3 is 0 Å². The maximum atomic E-state index is 14.2. The minimum absolute atomic E-state index is 0.0744. The summed E-state index contributed by atoms with van der Waals surface area (Å²) in [5.74, 6) is -2.17. The molecule has 2 aromatic carbocycles. The molecule has 5 heteroatoms. The molecule has 106 valence electrons. The molecule has 0 fully saturated rings. The highest BCUT2D eigenvalue weighted by molar-refractivity contribution is 6.05. The van der Waals surface area contributed by atoms with E-state index in [1.807, 2.05) is 0 Å². The summed E-state index contributed by atoms with van der Waals surface area (Å²) in [4.78, 5) is 0. The van der Waals surface area contributed by atoms with Crippen LogP contribution in [0, 0.1) is 47.0 Å². The molecular weight excluding hydrogens is 289 g/mol. The first-order valence-electron chi connectivity index (χ1n) is 6.33. The standard InChI is InChI=1S/C17H7F3N2/c1-8-13(19)5-14(20)17-11-3-2-10(18)4-12(11)16(15(8)17)9(6-21)7-22/h2-5H,1H3. The molecule has 0 radical (unpaired) electrons. The number of rotatable bonds is 0. The molecule has 2 nitrogen and oxygen atoms in total. The summed E-state index contributed by atoms with van der Waals surface area (Å²) in [6.45, 7) is 1.43. The van der Waals surface area contributed by atoms with Crippen molar-refractivity contribution in [3.63, 3.8) is 0 Å². The van der Waals surface area contributed by atoms with E-state index < -0.39 is 17.5 Å². The molecule has 0 atom stereocenters. The van der Waals surface area contributed by atoms with Crippen molar-refractivity contribution in [2.45, 2.75) is 6.92 Å². The minimum atomic E-state index is -0.809.